The van der Waals surface area contributed by atoms with E-state index in [0.717, 1.165) is 31.2 Å². The maximum atomic E-state index is 14.8. The van der Waals surface area contributed by atoms with Gasteiger partial charge in [-0.25, -0.2) is 21.9 Å². The van der Waals surface area contributed by atoms with Crippen LogP contribution in [-0.4, -0.2) is 32.4 Å². The first-order chi connectivity index (χ1) is 12.5. The maximum absolute atomic E-state index is 14.8. The molecule has 0 radical (unpaired) electrons. The number of hydrogen-bond acceptors (Lipinski definition) is 4. The summed E-state index contributed by atoms with van der Waals surface area (Å²) < 4.78 is 59.2. The average molecular weight is 420 g/mol. The Labute approximate surface area is 161 Å². The first-order valence-electron chi connectivity index (χ1n) is 8.90. The van der Waals surface area contributed by atoms with E-state index in [1.54, 1.807) is 4.72 Å². The van der Waals surface area contributed by atoms with Crippen LogP contribution in [0.3, 0.4) is 0 Å². The van der Waals surface area contributed by atoms with Gasteiger partial charge in [0.15, 0.2) is 0 Å². The minimum atomic E-state index is -3.83. The van der Waals surface area contributed by atoms with Gasteiger partial charge in [0.1, 0.15) is 23.3 Å². The van der Waals surface area contributed by atoms with Gasteiger partial charge in [0, 0.05) is 6.07 Å². The van der Waals surface area contributed by atoms with E-state index < -0.39 is 33.0 Å². The minimum absolute atomic E-state index is 0.0128. The Hall–Kier alpha value is -1.41. The Morgan fingerprint density at radius 1 is 1.26 bits per heavy atom. The molecule has 5 atom stereocenters. The van der Waals surface area contributed by atoms with Crippen LogP contribution >= 0.6 is 11.6 Å². The number of halogens is 3. The summed E-state index contributed by atoms with van der Waals surface area (Å²) in [6, 6.07) is 2.05. The quantitative estimate of drug-likeness (QED) is 0.811. The molecule has 1 N–H and O–H groups in total. The highest BCUT2D eigenvalue weighted by Gasteiger charge is 2.57. The smallest absolute Gasteiger partial charge is 0.267 e. The molecular formula is C18H20ClF2NO4S. The van der Waals surface area contributed by atoms with Crippen molar-refractivity contribution in [2.45, 2.75) is 43.9 Å². The monoisotopic (exact) mass is 419 g/mol. The van der Waals surface area contributed by atoms with Crippen LogP contribution in [0.1, 0.15) is 42.5 Å². The number of carbonyl (C=O) groups is 1. The van der Waals surface area contributed by atoms with Crippen molar-refractivity contribution in [1.82, 2.24) is 4.72 Å². The summed E-state index contributed by atoms with van der Waals surface area (Å²) in [6.07, 6.45) is 3.93. The predicted molar refractivity (Wildman–Crippen MR) is 95.5 cm³/mol. The number of amides is 1. The SMILES string of the molecule is CS(=O)(=O)NC(=O)c1cc(Cl)c(OC2C3CC4C[C@H]2CC(F)(C4)C3)cc1F. The van der Waals surface area contributed by atoms with Crippen LogP contribution < -0.4 is 9.46 Å². The second kappa shape index (κ2) is 6.30. The van der Waals surface area contributed by atoms with Crippen molar-refractivity contribution < 1.29 is 26.7 Å². The lowest BCUT2D eigenvalue weighted by Crippen LogP contribution is -2.56. The fourth-order valence-electron chi connectivity index (χ4n) is 5.23. The van der Waals surface area contributed by atoms with Crippen molar-refractivity contribution in [3.63, 3.8) is 0 Å². The standard InChI is InChI=1S/C18H20ClF2NO4S/c1-27(24,25)22-17(23)12-4-13(19)15(5-14(12)20)26-16-10-2-9-3-11(16)8-18(21,6-9)7-10/h4-5,9-11,16H,2-3,6-8H2,1H3,(H,22,23)/t9?,10-,11?,16?,18?/m0/s1. The molecule has 4 aliphatic carbocycles. The molecule has 4 bridgehead atoms. The first kappa shape index (κ1) is 18.9. The minimum Gasteiger partial charge on any atom is -0.488 e. The Morgan fingerprint density at radius 2 is 1.89 bits per heavy atom. The molecule has 1 aromatic rings. The van der Waals surface area contributed by atoms with Crippen molar-refractivity contribution in [3.8, 4) is 5.75 Å². The number of carbonyl (C=O) groups excluding carboxylic acids is 1. The zero-order chi connectivity index (χ0) is 19.6. The van der Waals surface area contributed by atoms with E-state index in [1.807, 2.05) is 0 Å². The van der Waals surface area contributed by atoms with Crippen LogP contribution in [0.15, 0.2) is 12.1 Å². The van der Waals surface area contributed by atoms with Gasteiger partial charge in [-0.3, -0.25) is 4.79 Å². The summed E-state index contributed by atoms with van der Waals surface area (Å²) in [5, 5.41) is 0.0128. The molecular weight excluding hydrogens is 400 g/mol. The van der Waals surface area contributed by atoms with Gasteiger partial charge in [0.25, 0.3) is 5.91 Å². The Kier molecular flexibility index (Phi) is 4.42. The number of alkyl halides is 1. The molecule has 0 heterocycles. The molecule has 5 nitrogen and oxygen atoms in total. The Balaban J connectivity index is 1.55. The Bertz CT molecular complexity index is 891. The van der Waals surface area contributed by atoms with E-state index in [1.165, 1.54) is 0 Å². The summed E-state index contributed by atoms with van der Waals surface area (Å²) in [5.74, 6) is -1.39. The molecule has 5 rings (SSSR count). The summed E-state index contributed by atoms with van der Waals surface area (Å²) in [7, 11) is -3.83. The highest BCUT2D eigenvalue weighted by molar-refractivity contribution is 7.89. The molecule has 0 aromatic heterocycles. The van der Waals surface area contributed by atoms with E-state index in [9.17, 15) is 22.0 Å². The van der Waals surface area contributed by atoms with Crippen LogP contribution in [0, 0.1) is 23.6 Å². The van der Waals surface area contributed by atoms with Crippen molar-refractivity contribution in [2.75, 3.05) is 6.26 Å². The second-order valence-corrected chi connectivity index (χ2v) is 10.3. The summed E-state index contributed by atoms with van der Waals surface area (Å²) >= 11 is 6.16. The number of benzene rings is 1. The number of hydrogen-bond donors (Lipinski definition) is 1. The lowest BCUT2D eigenvalue weighted by molar-refractivity contribution is -0.134. The number of nitrogens with one attached hydrogen (secondary N) is 1. The molecule has 0 aliphatic heterocycles. The molecule has 1 aromatic carbocycles. The lowest BCUT2D eigenvalue weighted by atomic mass is 9.53. The summed E-state index contributed by atoms with van der Waals surface area (Å²) in [4.78, 5) is 11.9. The van der Waals surface area contributed by atoms with Gasteiger partial charge in [-0.1, -0.05) is 11.6 Å². The molecule has 9 heteroatoms. The molecule has 148 valence electrons. The van der Waals surface area contributed by atoms with Crippen LogP contribution in [0.4, 0.5) is 8.78 Å². The van der Waals surface area contributed by atoms with Gasteiger partial charge in [0.05, 0.1) is 16.8 Å². The topological polar surface area (TPSA) is 72.5 Å². The van der Waals surface area contributed by atoms with Gasteiger partial charge in [-0.05, 0) is 55.9 Å². The van der Waals surface area contributed by atoms with Gasteiger partial charge in [-0.15, -0.1) is 0 Å². The lowest BCUT2D eigenvalue weighted by Gasteiger charge is -2.56. The van der Waals surface area contributed by atoms with E-state index in [2.05, 4.69) is 0 Å². The zero-order valence-corrected chi connectivity index (χ0v) is 16.2. The average Bonchev–Trinajstić information content (AvgIpc) is 2.50. The fourth-order valence-corrected chi connectivity index (χ4v) is 5.89. The largest absolute Gasteiger partial charge is 0.488 e. The van der Waals surface area contributed by atoms with Crippen molar-refractivity contribution in [2.24, 2.45) is 17.8 Å². The molecule has 4 fully saturated rings. The van der Waals surface area contributed by atoms with Gasteiger partial charge in [-0.2, -0.15) is 0 Å². The van der Waals surface area contributed by atoms with Crippen molar-refractivity contribution >= 4 is 27.5 Å². The van der Waals surface area contributed by atoms with Crippen molar-refractivity contribution in [1.29, 1.82) is 0 Å². The third-order valence-electron chi connectivity index (χ3n) is 5.92. The first-order valence-corrected chi connectivity index (χ1v) is 11.2. The van der Waals surface area contributed by atoms with E-state index in [0.29, 0.717) is 25.2 Å². The van der Waals surface area contributed by atoms with Gasteiger partial charge >= 0.3 is 0 Å². The molecule has 0 spiro atoms. The zero-order valence-electron chi connectivity index (χ0n) is 14.7. The normalized spacial score (nSPS) is 34.5. The Morgan fingerprint density at radius 3 is 2.44 bits per heavy atom. The van der Waals surface area contributed by atoms with E-state index in [-0.39, 0.29) is 28.7 Å². The second-order valence-electron chi connectivity index (χ2n) is 8.17. The highest BCUT2D eigenvalue weighted by atomic mass is 35.5. The van der Waals surface area contributed by atoms with Gasteiger partial charge < -0.3 is 4.74 Å². The predicted octanol–water partition coefficient (Wildman–Crippen LogP) is 3.46. The van der Waals surface area contributed by atoms with Gasteiger partial charge in [0.2, 0.25) is 10.0 Å². The van der Waals surface area contributed by atoms with Crippen LogP contribution in [0.2, 0.25) is 5.02 Å². The molecule has 27 heavy (non-hydrogen) atoms. The molecule has 4 unspecified atom stereocenters. The summed E-state index contributed by atoms with van der Waals surface area (Å²) in [5.41, 5.74) is -1.58. The molecule has 0 saturated heterocycles. The van der Waals surface area contributed by atoms with E-state index >= 15 is 0 Å². The highest BCUT2D eigenvalue weighted by Crippen LogP contribution is 2.58. The molecule has 4 aliphatic rings. The number of sulfonamides is 1. The van der Waals surface area contributed by atoms with Crippen LogP contribution in [0.25, 0.3) is 0 Å². The molecule has 1 amide bonds. The van der Waals surface area contributed by atoms with Crippen LogP contribution in [-0.2, 0) is 10.0 Å². The van der Waals surface area contributed by atoms with Crippen molar-refractivity contribution in [3.05, 3.63) is 28.5 Å². The maximum Gasteiger partial charge on any atom is 0.267 e. The van der Waals surface area contributed by atoms with Crippen LogP contribution in [0.5, 0.6) is 5.75 Å². The number of rotatable bonds is 4. The summed E-state index contributed by atoms with van der Waals surface area (Å²) in [6.45, 7) is 0. The third-order valence-corrected chi connectivity index (χ3v) is 6.77. The third kappa shape index (κ3) is 3.66. The van der Waals surface area contributed by atoms with E-state index in [4.69, 9.17) is 16.3 Å². The fraction of sp³-hybridized carbons (Fsp3) is 0.611. The molecule has 4 saturated carbocycles. The number of ether oxygens (including phenoxy) is 1.